The smallest absolute Gasteiger partial charge is 0.399 e. The summed E-state index contributed by atoms with van der Waals surface area (Å²) < 4.78 is 38.7. The minimum Gasteiger partial charge on any atom is -0.399 e. The summed E-state index contributed by atoms with van der Waals surface area (Å²) in [5.41, 5.74) is 5.23. The number of hydrogen-bond donors (Lipinski definition) is 1. The summed E-state index contributed by atoms with van der Waals surface area (Å²) in [5, 5.41) is 0. The van der Waals surface area contributed by atoms with Gasteiger partial charge in [0.15, 0.2) is 0 Å². The van der Waals surface area contributed by atoms with E-state index < -0.39 is 11.7 Å². The second-order valence-electron chi connectivity index (χ2n) is 4.28. The fourth-order valence-electron chi connectivity index (χ4n) is 1.90. The molecule has 0 aliphatic carbocycles. The number of alkyl halides is 3. The van der Waals surface area contributed by atoms with Crippen molar-refractivity contribution in [3.05, 3.63) is 29.3 Å². The predicted octanol–water partition coefficient (Wildman–Crippen LogP) is 3.52. The lowest BCUT2D eigenvalue weighted by Crippen LogP contribution is -2.25. The first-order chi connectivity index (χ1) is 8.38. The molecule has 0 bridgehead atoms. The third-order valence-electron chi connectivity index (χ3n) is 2.82. The quantitative estimate of drug-likeness (QED) is 0.821. The number of anilines is 1. The normalized spacial score (nSPS) is 12.1. The zero-order valence-electron chi connectivity index (χ0n) is 10.7. The summed E-state index contributed by atoms with van der Waals surface area (Å²) in [5.74, 6) is 0. The Hall–Kier alpha value is -1.23. The molecule has 2 N–H and O–H groups in total. The number of nitrogens with two attached hydrogens (primary N) is 1. The molecular weight excluding hydrogens is 241 g/mol. The molecule has 0 spiro atoms. The van der Waals surface area contributed by atoms with Gasteiger partial charge >= 0.3 is 6.18 Å². The van der Waals surface area contributed by atoms with Crippen LogP contribution in [0.2, 0.25) is 0 Å². The second-order valence-corrected chi connectivity index (χ2v) is 4.28. The topological polar surface area (TPSA) is 29.3 Å². The predicted molar refractivity (Wildman–Crippen MR) is 67.1 cm³/mol. The highest BCUT2D eigenvalue weighted by molar-refractivity contribution is 5.46. The lowest BCUT2D eigenvalue weighted by atomic mass is 10.1. The van der Waals surface area contributed by atoms with Crippen LogP contribution >= 0.6 is 0 Å². The zero-order valence-corrected chi connectivity index (χ0v) is 10.7. The van der Waals surface area contributed by atoms with E-state index in [4.69, 9.17) is 5.73 Å². The van der Waals surface area contributed by atoms with Gasteiger partial charge in [-0.2, -0.15) is 13.2 Å². The summed E-state index contributed by atoms with van der Waals surface area (Å²) in [4.78, 5) is 1.99. The molecule has 0 atom stereocenters. The van der Waals surface area contributed by atoms with E-state index in [0.29, 0.717) is 6.54 Å². The molecule has 18 heavy (non-hydrogen) atoms. The van der Waals surface area contributed by atoms with Crippen molar-refractivity contribution in [3.8, 4) is 0 Å². The minimum atomic E-state index is -4.35. The molecule has 0 saturated carbocycles. The Balaban J connectivity index is 3.01. The molecule has 0 heterocycles. The molecule has 0 aromatic heterocycles. The van der Waals surface area contributed by atoms with Crippen LogP contribution in [0.3, 0.4) is 0 Å². The van der Waals surface area contributed by atoms with Gasteiger partial charge in [0.05, 0.1) is 5.56 Å². The van der Waals surface area contributed by atoms with Gasteiger partial charge in [-0.25, -0.2) is 0 Å². The van der Waals surface area contributed by atoms with E-state index >= 15 is 0 Å². The maximum Gasteiger partial charge on any atom is 0.416 e. The van der Waals surface area contributed by atoms with Gasteiger partial charge in [0, 0.05) is 12.2 Å². The summed E-state index contributed by atoms with van der Waals surface area (Å²) in [7, 11) is 0. The van der Waals surface area contributed by atoms with E-state index in [-0.39, 0.29) is 11.3 Å². The van der Waals surface area contributed by atoms with Gasteiger partial charge in [-0.3, -0.25) is 4.90 Å². The fraction of sp³-hybridized carbons (Fsp3) is 0.538. The van der Waals surface area contributed by atoms with Crippen LogP contribution in [0.5, 0.6) is 0 Å². The first kappa shape index (κ1) is 14.8. The standard InChI is InChI=1S/C13H19F3N2/c1-3-7-18(4-2)9-10-5-6-11(17)8-12(10)13(14,15)16/h5-6,8H,3-4,7,9,17H2,1-2H3. The molecule has 0 aliphatic heterocycles. The van der Waals surface area contributed by atoms with Crippen LogP contribution in [0.1, 0.15) is 31.4 Å². The van der Waals surface area contributed by atoms with Gasteiger partial charge in [0.1, 0.15) is 0 Å². The Bertz CT molecular complexity index is 388. The third kappa shape index (κ3) is 3.91. The van der Waals surface area contributed by atoms with Crippen molar-refractivity contribution < 1.29 is 13.2 Å². The Kier molecular flexibility index (Phi) is 5.02. The Morgan fingerprint density at radius 2 is 1.89 bits per heavy atom. The lowest BCUT2D eigenvalue weighted by Gasteiger charge is -2.22. The van der Waals surface area contributed by atoms with Gasteiger partial charge in [-0.15, -0.1) is 0 Å². The molecule has 1 aromatic rings. The maximum absolute atomic E-state index is 12.9. The molecule has 0 radical (unpaired) electrons. The number of nitrogens with zero attached hydrogens (tertiary/aromatic N) is 1. The van der Waals surface area contributed by atoms with Crippen molar-refractivity contribution in [2.75, 3.05) is 18.8 Å². The van der Waals surface area contributed by atoms with E-state index in [1.807, 2.05) is 18.7 Å². The average Bonchev–Trinajstić information content (AvgIpc) is 2.29. The Morgan fingerprint density at radius 1 is 1.22 bits per heavy atom. The van der Waals surface area contributed by atoms with Crippen LogP contribution in [0.4, 0.5) is 18.9 Å². The molecule has 0 amide bonds. The molecule has 102 valence electrons. The first-order valence-corrected chi connectivity index (χ1v) is 6.06. The summed E-state index contributed by atoms with van der Waals surface area (Å²) >= 11 is 0. The second kappa shape index (κ2) is 6.09. The average molecular weight is 260 g/mol. The Morgan fingerprint density at radius 3 is 2.39 bits per heavy atom. The molecule has 5 heteroatoms. The molecule has 0 saturated heterocycles. The van der Waals surface area contributed by atoms with Gasteiger partial charge in [-0.05, 0) is 37.2 Å². The number of rotatable bonds is 5. The molecule has 1 rings (SSSR count). The van der Waals surface area contributed by atoms with Crippen LogP contribution in [0.15, 0.2) is 18.2 Å². The van der Waals surface area contributed by atoms with Crippen LogP contribution in [0, 0.1) is 0 Å². The largest absolute Gasteiger partial charge is 0.416 e. The SMILES string of the molecule is CCCN(CC)Cc1ccc(N)cc1C(F)(F)F. The maximum atomic E-state index is 12.9. The van der Waals surface area contributed by atoms with Crippen molar-refractivity contribution in [3.63, 3.8) is 0 Å². The fourth-order valence-corrected chi connectivity index (χ4v) is 1.90. The highest BCUT2D eigenvalue weighted by Gasteiger charge is 2.33. The minimum absolute atomic E-state index is 0.143. The third-order valence-corrected chi connectivity index (χ3v) is 2.82. The van der Waals surface area contributed by atoms with Crippen molar-refractivity contribution in [2.45, 2.75) is 33.0 Å². The van der Waals surface area contributed by atoms with Crippen LogP contribution in [-0.2, 0) is 12.7 Å². The summed E-state index contributed by atoms with van der Waals surface area (Å²) in [6, 6.07) is 4.00. The van der Waals surface area contributed by atoms with E-state index in [1.165, 1.54) is 12.1 Å². The van der Waals surface area contributed by atoms with Gasteiger partial charge in [0.2, 0.25) is 0 Å². The molecule has 0 unspecified atom stereocenters. The van der Waals surface area contributed by atoms with Crippen molar-refractivity contribution in [2.24, 2.45) is 0 Å². The van der Waals surface area contributed by atoms with Crippen molar-refractivity contribution in [1.82, 2.24) is 4.90 Å². The van der Waals surface area contributed by atoms with Crippen molar-refractivity contribution >= 4 is 5.69 Å². The molecule has 1 aromatic carbocycles. The molecule has 0 aliphatic rings. The molecule has 0 fully saturated rings. The van der Waals surface area contributed by atoms with E-state index in [1.54, 1.807) is 0 Å². The van der Waals surface area contributed by atoms with Crippen LogP contribution in [0.25, 0.3) is 0 Å². The van der Waals surface area contributed by atoms with E-state index in [2.05, 4.69) is 0 Å². The first-order valence-electron chi connectivity index (χ1n) is 6.06. The molecular formula is C13H19F3N2. The van der Waals surface area contributed by atoms with Crippen molar-refractivity contribution in [1.29, 1.82) is 0 Å². The van der Waals surface area contributed by atoms with Gasteiger partial charge < -0.3 is 5.73 Å². The van der Waals surface area contributed by atoms with E-state index in [9.17, 15) is 13.2 Å². The summed E-state index contributed by atoms with van der Waals surface area (Å²) in [6.45, 7) is 5.78. The lowest BCUT2D eigenvalue weighted by molar-refractivity contribution is -0.138. The Labute approximate surface area is 106 Å². The zero-order chi connectivity index (χ0) is 13.8. The number of hydrogen-bond acceptors (Lipinski definition) is 2. The van der Waals surface area contributed by atoms with Crippen LogP contribution in [-0.4, -0.2) is 18.0 Å². The number of nitrogen functional groups attached to an aromatic ring is 1. The van der Waals surface area contributed by atoms with Gasteiger partial charge in [0.25, 0.3) is 0 Å². The van der Waals surface area contributed by atoms with E-state index in [0.717, 1.165) is 25.6 Å². The highest BCUT2D eigenvalue weighted by atomic mass is 19.4. The number of halogens is 3. The number of benzene rings is 1. The highest BCUT2D eigenvalue weighted by Crippen LogP contribution is 2.33. The molecule has 2 nitrogen and oxygen atoms in total. The van der Waals surface area contributed by atoms with Crippen LogP contribution < -0.4 is 5.73 Å². The summed E-state index contributed by atoms with van der Waals surface area (Å²) in [6.07, 6.45) is -3.43. The monoisotopic (exact) mass is 260 g/mol. The van der Waals surface area contributed by atoms with Gasteiger partial charge in [-0.1, -0.05) is 19.9 Å².